The van der Waals surface area contributed by atoms with Gasteiger partial charge in [0.25, 0.3) is 0 Å². The molecule has 5 heteroatoms. The lowest BCUT2D eigenvalue weighted by atomic mass is 10.1. The van der Waals surface area contributed by atoms with Gasteiger partial charge >= 0.3 is 0 Å². The molecule has 0 radical (unpaired) electrons. The Hall–Kier alpha value is -1.82. The van der Waals surface area contributed by atoms with Gasteiger partial charge in [-0.3, -0.25) is 4.90 Å². The van der Waals surface area contributed by atoms with Crippen molar-refractivity contribution < 1.29 is 14.6 Å². The van der Waals surface area contributed by atoms with Gasteiger partial charge in [0.15, 0.2) is 0 Å². The molecule has 0 saturated carbocycles. The van der Waals surface area contributed by atoms with Gasteiger partial charge in [-0.25, -0.2) is 0 Å². The van der Waals surface area contributed by atoms with Gasteiger partial charge in [0.1, 0.15) is 5.75 Å². The number of aliphatic hydroxyl groups is 1. The second-order valence-electron chi connectivity index (χ2n) is 6.31. The van der Waals surface area contributed by atoms with Crippen molar-refractivity contribution in [1.82, 2.24) is 9.47 Å². The molecule has 2 atom stereocenters. The van der Waals surface area contributed by atoms with E-state index in [1.54, 1.807) is 7.11 Å². The van der Waals surface area contributed by atoms with E-state index in [0.717, 1.165) is 24.4 Å². The molecule has 24 heavy (non-hydrogen) atoms. The summed E-state index contributed by atoms with van der Waals surface area (Å²) in [5.41, 5.74) is 2.39. The number of rotatable bonds is 7. The molecule has 0 bridgehead atoms. The summed E-state index contributed by atoms with van der Waals surface area (Å²) >= 11 is 0. The summed E-state index contributed by atoms with van der Waals surface area (Å²) < 4.78 is 13.1. The third kappa shape index (κ3) is 3.98. The monoisotopic (exact) mass is 330 g/mol. The predicted octanol–water partition coefficient (Wildman–Crippen LogP) is 2.45. The molecule has 0 spiro atoms. The number of β-amino-alcohol motifs (C(OH)–C–C–N with tert-alkyl or cyclic N) is 1. The van der Waals surface area contributed by atoms with Crippen LogP contribution in [0.25, 0.3) is 0 Å². The van der Waals surface area contributed by atoms with Crippen LogP contribution in [0.5, 0.6) is 5.75 Å². The van der Waals surface area contributed by atoms with Crippen LogP contribution in [0, 0.1) is 0 Å². The number of fused-ring (bicyclic) bond motifs is 1. The van der Waals surface area contributed by atoms with E-state index < -0.39 is 6.10 Å². The number of benzene rings is 1. The van der Waals surface area contributed by atoms with Gasteiger partial charge < -0.3 is 19.1 Å². The lowest BCUT2D eigenvalue weighted by molar-refractivity contribution is -0.000827. The molecule has 3 rings (SSSR count). The fraction of sp³-hybridized carbons (Fsp3) is 0.474. The number of nitrogens with zero attached hydrogens (tertiary/aromatic N) is 2. The van der Waals surface area contributed by atoms with E-state index in [1.807, 2.05) is 24.3 Å². The molecular weight excluding hydrogens is 304 g/mol. The second kappa shape index (κ2) is 7.83. The van der Waals surface area contributed by atoms with Crippen molar-refractivity contribution in [3.8, 4) is 5.75 Å². The van der Waals surface area contributed by atoms with Crippen LogP contribution in [-0.2, 0) is 17.9 Å². The lowest BCUT2D eigenvalue weighted by Gasteiger charge is -2.36. The van der Waals surface area contributed by atoms with E-state index in [1.165, 1.54) is 5.69 Å². The zero-order chi connectivity index (χ0) is 16.9. The van der Waals surface area contributed by atoms with Crippen molar-refractivity contribution in [3.63, 3.8) is 0 Å². The first-order valence-electron chi connectivity index (χ1n) is 8.45. The van der Waals surface area contributed by atoms with E-state index in [2.05, 4.69) is 34.7 Å². The summed E-state index contributed by atoms with van der Waals surface area (Å²) in [4.78, 5) is 2.32. The summed E-state index contributed by atoms with van der Waals surface area (Å²) in [7, 11) is 1.65. The van der Waals surface area contributed by atoms with Crippen LogP contribution in [-0.4, -0.2) is 47.5 Å². The number of hydrogen-bond acceptors (Lipinski definition) is 4. The summed E-state index contributed by atoms with van der Waals surface area (Å²) in [5, 5.41) is 10.3. The third-order valence-electron chi connectivity index (χ3n) is 4.65. The molecule has 0 amide bonds. The maximum absolute atomic E-state index is 10.3. The average Bonchev–Trinajstić information content (AvgIpc) is 3.07. The molecule has 2 heterocycles. The van der Waals surface area contributed by atoms with Crippen LogP contribution in [0.2, 0.25) is 0 Å². The SMILES string of the molecule is COc1ccc(COC[C@@H](O)CN2CCn3cccc3[C@H]2C)cc1. The Kier molecular flexibility index (Phi) is 5.56. The minimum atomic E-state index is -0.479. The molecule has 0 saturated heterocycles. The largest absolute Gasteiger partial charge is 0.497 e. The Morgan fingerprint density at radius 3 is 2.75 bits per heavy atom. The molecule has 1 aromatic heterocycles. The molecule has 1 N–H and O–H groups in total. The number of methoxy groups -OCH3 is 1. The fourth-order valence-corrected chi connectivity index (χ4v) is 3.23. The van der Waals surface area contributed by atoms with Gasteiger partial charge in [0.05, 0.1) is 26.4 Å². The predicted molar refractivity (Wildman–Crippen MR) is 93.1 cm³/mol. The first kappa shape index (κ1) is 17.0. The van der Waals surface area contributed by atoms with Crippen LogP contribution in [0.3, 0.4) is 0 Å². The van der Waals surface area contributed by atoms with Crippen LogP contribution in [0.4, 0.5) is 0 Å². The zero-order valence-corrected chi connectivity index (χ0v) is 14.4. The average molecular weight is 330 g/mol. The number of aliphatic hydroxyl groups excluding tert-OH is 1. The Morgan fingerprint density at radius 1 is 1.21 bits per heavy atom. The summed E-state index contributed by atoms with van der Waals surface area (Å²) in [5.74, 6) is 0.836. The van der Waals surface area contributed by atoms with Gasteiger partial charge in [0, 0.05) is 37.6 Å². The van der Waals surface area contributed by atoms with Gasteiger partial charge in [-0.15, -0.1) is 0 Å². The Labute approximate surface area is 143 Å². The summed E-state index contributed by atoms with van der Waals surface area (Å²) in [6.07, 6.45) is 1.64. The second-order valence-corrected chi connectivity index (χ2v) is 6.31. The van der Waals surface area contributed by atoms with E-state index in [4.69, 9.17) is 9.47 Å². The smallest absolute Gasteiger partial charge is 0.118 e. The molecule has 5 nitrogen and oxygen atoms in total. The maximum atomic E-state index is 10.3. The highest BCUT2D eigenvalue weighted by molar-refractivity contribution is 5.26. The molecular formula is C19H26N2O3. The first-order chi connectivity index (χ1) is 11.7. The molecule has 0 aliphatic carbocycles. The van der Waals surface area contributed by atoms with Crippen molar-refractivity contribution in [2.24, 2.45) is 0 Å². The van der Waals surface area contributed by atoms with Gasteiger partial charge in [-0.05, 0) is 36.8 Å². The molecule has 0 fully saturated rings. The van der Waals surface area contributed by atoms with Crippen LogP contribution in [0.15, 0.2) is 42.6 Å². The van der Waals surface area contributed by atoms with Crippen molar-refractivity contribution in [2.75, 3.05) is 26.8 Å². The van der Waals surface area contributed by atoms with Crippen LogP contribution < -0.4 is 4.74 Å². The van der Waals surface area contributed by atoms with Crippen molar-refractivity contribution in [1.29, 1.82) is 0 Å². The molecule has 0 unspecified atom stereocenters. The van der Waals surface area contributed by atoms with E-state index >= 15 is 0 Å². The van der Waals surface area contributed by atoms with E-state index in [-0.39, 0.29) is 0 Å². The Morgan fingerprint density at radius 2 is 2.00 bits per heavy atom. The molecule has 1 aliphatic rings. The summed E-state index contributed by atoms with van der Waals surface area (Å²) in [6.45, 7) is 5.60. The van der Waals surface area contributed by atoms with Crippen LogP contribution >= 0.6 is 0 Å². The standard InChI is InChI=1S/C19H26N2O3/c1-15-19-4-3-9-20(19)10-11-21(15)12-17(22)14-24-13-16-5-7-18(23-2)8-6-16/h3-9,15,17,22H,10-14H2,1-2H3/t15-,17+/m1/s1. The van der Waals surface area contributed by atoms with Gasteiger partial charge in [-0.1, -0.05) is 12.1 Å². The lowest BCUT2D eigenvalue weighted by Crippen LogP contribution is -2.42. The third-order valence-corrected chi connectivity index (χ3v) is 4.65. The van der Waals surface area contributed by atoms with Gasteiger partial charge in [0.2, 0.25) is 0 Å². The Balaban J connectivity index is 1.43. The molecule has 2 aromatic rings. The van der Waals surface area contributed by atoms with E-state index in [0.29, 0.717) is 25.8 Å². The number of hydrogen-bond donors (Lipinski definition) is 1. The summed E-state index contributed by atoms with van der Waals surface area (Å²) in [6, 6.07) is 12.4. The number of aromatic nitrogens is 1. The van der Waals surface area contributed by atoms with E-state index in [9.17, 15) is 5.11 Å². The molecule has 1 aliphatic heterocycles. The molecule has 1 aromatic carbocycles. The topological polar surface area (TPSA) is 46.9 Å². The first-order valence-corrected chi connectivity index (χ1v) is 8.45. The highest BCUT2D eigenvalue weighted by atomic mass is 16.5. The van der Waals surface area contributed by atoms with Crippen molar-refractivity contribution in [2.45, 2.75) is 32.2 Å². The van der Waals surface area contributed by atoms with Crippen LogP contribution in [0.1, 0.15) is 24.2 Å². The highest BCUT2D eigenvalue weighted by Gasteiger charge is 2.25. The zero-order valence-electron chi connectivity index (χ0n) is 14.4. The molecule has 130 valence electrons. The van der Waals surface area contributed by atoms with Gasteiger partial charge in [-0.2, -0.15) is 0 Å². The van der Waals surface area contributed by atoms with Crippen molar-refractivity contribution >= 4 is 0 Å². The fourth-order valence-electron chi connectivity index (χ4n) is 3.23. The normalized spacial score (nSPS) is 19.0. The maximum Gasteiger partial charge on any atom is 0.118 e. The highest BCUT2D eigenvalue weighted by Crippen LogP contribution is 2.25. The quantitative estimate of drug-likeness (QED) is 0.847. The number of ether oxygens (including phenoxy) is 2. The minimum Gasteiger partial charge on any atom is -0.497 e. The van der Waals surface area contributed by atoms with Crippen molar-refractivity contribution in [3.05, 3.63) is 53.9 Å². The Bertz CT molecular complexity index is 638. The minimum absolute atomic E-state index is 0.324.